The van der Waals surface area contributed by atoms with Crippen LogP contribution in [0.5, 0.6) is 0 Å². The summed E-state index contributed by atoms with van der Waals surface area (Å²) in [5.74, 6) is 5.93. The second-order valence-corrected chi connectivity index (χ2v) is 3.27. The Morgan fingerprint density at radius 2 is 2.40 bits per heavy atom. The van der Waals surface area contributed by atoms with Crippen molar-refractivity contribution in [3.05, 3.63) is 23.9 Å². The molecule has 0 fully saturated rings. The van der Waals surface area contributed by atoms with Gasteiger partial charge in [-0.05, 0) is 12.5 Å². The van der Waals surface area contributed by atoms with Crippen LogP contribution in [0.4, 0.5) is 5.82 Å². The molecule has 15 heavy (non-hydrogen) atoms. The third kappa shape index (κ3) is 3.47. The molecule has 1 unspecified atom stereocenters. The number of hydrogen-bond acceptors (Lipinski definition) is 5. The molecule has 0 radical (unpaired) electrons. The Morgan fingerprint density at radius 1 is 1.60 bits per heavy atom. The molecule has 84 valence electrons. The number of hydrazine groups is 1. The Balaban J connectivity index is 2.61. The van der Waals surface area contributed by atoms with Crippen molar-refractivity contribution >= 4 is 5.82 Å². The van der Waals surface area contributed by atoms with E-state index in [-0.39, 0.29) is 6.04 Å². The highest BCUT2D eigenvalue weighted by molar-refractivity contribution is 5.40. The van der Waals surface area contributed by atoms with Crippen molar-refractivity contribution in [1.29, 1.82) is 0 Å². The normalized spacial score (nSPS) is 12.7. The zero-order valence-corrected chi connectivity index (χ0v) is 8.94. The molecule has 0 aromatic carbocycles. The Kier molecular flexibility index (Phi) is 5.03. The van der Waals surface area contributed by atoms with E-state index in [1.165, 1.54) is 0 Å². The van der Waals surface area contributed by atoms with Crippen LogP contribution < -0.4 is 17.0 Å². The zero-order valence-electron chi connectivity index (χ0n) is 8.94. The summed E-state index contributed by atoms with van der Waals surface area (Å²) in [6.45, 7) is 3.28. The van der Waals surface area contributed by atoms with Gasteiger partial charge in [-0.1, -0.05) is 13.0 Å². The maximum absolute atomic E-state index is 5.74. The first kappa shape index (κ1) is 11.9. The van der Waals surface area contributed by atoms with Crippen LogP contribution in [0.15, 0.2) is 18.3 Å². The average Bonchev–Trinajstić information content (AvgIpc) is 2.26. The smallest absolute Gasteiger partial charge is 0.128 e. The largest absolute Gasteiger partial charge is 0.383 e. The molecule has 1 heterocycles. The highest BCUT2D eigenvalue weighted by atomic mass is 16.5. The van der Waals surface area contributed by atoms with Crippen molar-refractivity contribution in [1.82, 2.24) is 10.4 Å². The molecule has 0 aliphatic carbocycles. The Hall–Kier alpha value is -1.17. The number of hydrogen-bond donors (Lipinski definition) is 3. The fourth-order valence-corrected chi connectivity index (χ4v) is 1.30. The molecule has 0 spiro atoms. The molecule has 1 aromatic rings. The molecular weight excluding hydrogens is 192 g/mol. The van der Waals surface area contributed by atoms with Gasteiger partial charge >= 0.3 is 0 Å². The summed E-state index contributed by atoms with van der Waals surface area (Å²) in [6.07, 6.45) is 2.64. The third-order valence-corrected chi connectivity index (χ3v) is 2.08. The van der Waals surface area contributed by atoms with Crippen LogP contribution in [0.1, 0.15) is 24.9 Å². The average molecular weight is 210 g/mol. The fraction of sp³-hybridized carbons (Fsp3) is 0.500. The van der Waals surface area contributed by atoms with Crippen LogP contribution in [0, 0.1) is 0 Å². The minimum absolute atomic E-state index is 0.106. The van der Waals surface area contributed by atoms with Gasteiger partial charge < -0.3 is 10.5 Å². The minimum Gasteiger partial charge on any atom is -0.383 e. The Morgan fingerprint density at radius 3 is 3.00 bits per heavy atom. The standard InChI is InChI=1S/C10H18N4O/c1-2-6-15-7-9(14-12)8-4-3-5-13-10(8)11/h3-5,9,14H,2,6-7,12H2,1H3,(H2,11,13). The number of nitrogens with one attached hydrogen (secondary N) is 1. The third-order valence-electron chi connectivity index (χ3n) is 2.08. The zero-order chi connectivity index (χ0) is 11.1. The van der Waals surface area contributed by atoms with Crippen molar-refractivity contribution in [2.45, 2.75) is 19.4 Å². The number of aromatic nitrogens is 1. The molecule has 0 aliphatic heterocycles. The quantitative estimate of drug-likeness (QED) is 0.363. The first-order chi connectivity index (χ1) is 7.29. The van der Waals surface area contributed by atoms with Gasteiger partial charge in [0.25, 0.3) is 0 Å². The number of anilines is 1. The van der Waals surface area contributed by atoms with E-state index in [2.05, 4.69) is 17.3 Å². The lowest BCUT2D eigenvalue weighted by Crippen LogP contribution is -2.32. The van der Waals surface area contributed by atoms with Crippen molar-refractivity contribution in [3.8, 4) is 0 Å². The number of ether oxygens (including phenoxy) is 1. The second kappa shape index (κ2) is 6.34. The van der Waals surface area contributed by atoms with Gasteiger partial charge in [-0.3, -0.25) is 11.3 Å². The predicted molar refractivity (Wildman–Crippen MR) is 59.8 cm³/mol. The molecule has 0 bridgehead atoms. The lowest BCUT2D eigenvalue weighted by Gasteiger charge is -2.17. The summed E-state index contributed by atoms with van der Waals surface area (Å²) in [7, 11) is 0. The summed E-state index contributed by atoms with van der Waals surface area (Å²) < 4.78 is 5.42. The molecule has 1 atom stereocenters. The molecule has 0 amide bonds. The van der Waals surface area contributed by atoms with Gasteiger partial charge in [0.2, 0.25) is 0 Å². The van der Waals surface area contributed by atoms with Gasteiger partial charge in [0, 0.05) is 18.4 Å². The number of rotatable bonds is 6. The van der Waals surface area contributed by atoms with Crippen LogP contribution in [-0.2, 0) is 4.74 Å². The molecule has 1 aromatic heterocycles. The van der Waals surface area contributed by atoms with Gasteiger partial charge in [0.05, 0.1) is 12.6 Å². The van der Waals surface area contributed by atoms with Crippen LogP contribution in [0.25, 0.3) is 0 Å². The van der Waals surface area contributed by atoms with Crippen LogP contribution >= 0.6 is 0 Å². The van der Waals surface area contributed by atoms with Crippen molar-refractivity contribution < 1.29 is 4.74 Å². The lowest BCUT2D eigenvalue weighted by atomic mass is 10.1. The molecule has 1 rings (SSSR count). The Labute approximate surface area is 89.8 Å². The van der Waals surface area contributed by atoms with Crippen LogP contribution in [-0.4, -0.2) is 18.2 Å². The van der Waals surface area contributed by atoms with Gasteiger partial charge in [0.1, 0.15) is 5.82 Å². The van der Waals surface area contributed by atoms with E-state index < -0.39 is 0 Å². The van der Waals surface area contributed by atoms with Crippen LogP contribution in [0.3, 0.4) is 0 Å². The molecule has 5 nitrogen and oxygen atoms in total. The predicted octanol–water partition coefficient (Wildman–Crippen LogP) is 0.595. The molecule has 5 N–H and O–H groups in total. The Bertz CT molecular complexity index is 293. The van der Waals surface area contributed by atoms with E-state index in [1.54, 1.807) is 6.20 Å². The van der Waals surface area contributed by atoms with E-state index in [0.717, 1.165) is 18.6 Å². The van der Waals surface area contributed by atoms with Crippen molar-refractivity contribution in [3.63, 3.8) is 0 Å². The van der Waals surface area contributed by atoms with Gasteiger partial charge in [0.15, 0.2) is 0 Å². The first-order valence-electron chi connectivity index (χ1n) is 5.03. The molecule has 0 saturated heterocycles. The summed E-state index contributed by atoms with van der Waals surface area (Å²) >= 11 is 0. The van der Waals surface area contributed by atoms with E-state index in [4.69, 9.17) is 16.3 Å². The maximum atomic E-state index is 5.74. The summed E-state index contributed by atoms with van der Waals surface area (Å²) in [5, 5.41) is 0. The number of nitrogen functional groups attached to an aromatic ring is 1. The first-order valence-corrected chi connectivity index (χ1v) is 5.03. The van der Waals surface area contributed by atoms with E-state index in [0.29, 0.717) is 12.4 Å². The summed E-state index contributed by atoms with van der Waals surface area (Å²) in [4.78, 5) is 4.00. The SMILES string of the molecule is CCCOCC(NN)c1cccnc1N. The molecule has 0 aliphatic rings. The summed E-state index contributed by atoms with van der Waals surface area (Å²) in [5.41, 5.74) is 9.28. The number of nitrogens with zero attached hydrogens (tertiary/aromatic N) is 1. The second-order valence-electron chi connectivity index (χ2n) is 3.27. The van der Waals surface area contributed by atoms with E-state index in [9.17, 15) is 0 Å². The fourth-order valence-electron chi connectivity index (χ4n) is 1.30. The summed E-state index contributed by atoms with van der Waals surface area (Å²) in [6, 6.07) is 3.61. The minimum atomic E-state index is -0.106. The van der Waals surface area contributed by atoms with Crippen LogP contribution in [0.2, 0.25) is 0 Å². The van der Waals surface area contributed by atoms with Gasteiger partial charge in [-0.2, -0.15) is 0 Å². The molecular formula is C10H18N4O. The van der Waals surface area contributed by atoms with Crippen molar-refractivity contribution in [2.24, 2.45) is 5.84 Å². The molecule has 5 heteroatoms. The number of nitrogens with two attached hydrogens (primary N) is 2. The van der Waals surface area contributed by atoms with Gasteiger partial charge in [-0.25, -0.2) is 4.98 Å². The van der Waals surface area contributed by atoms with Gasteiger partial charge in [-0.15, -0.1) is 0 Å². The monoisotopic (exact) mass is 210 g/mol. The lowest BCUT2D eigenvalue weighted by molar-refractivity contribution is 0.112. The van der Waals surface area contributed by atoms with E-state index >= 15 is 0 Å². The van der Waals surface area contributed by atoms with E-state index in [1.807, 2.05) is 12.1 Å². The highest BCUT2D eigenvalue weighted by Gasteiger charge is 2.12. The maximum Gasteiger partial charge on any atom is 0.128 e. The topological polar surface area (TPSA) is 86.2 Å². The van der Waals surface area contributed by atoms with Crippen molar-refractivity contribution in [2.75, 3.05) is 18.9 Å². The highest BCUT2D eigenvalue weighted by Crippen LogP contribution is 2.17. The molecule has 0 saturated carbocycles. The number of pyridine rings is 1.